The second-order valence-electron chi connectivity index (χ2n) is 5.44. The topological polar surface area (TPSA) is 42.2 Å². The van der Waals surface area contributed by atoms with Crippen LogP contribution in [0.3, 0.4) is 0 Å². The maximum Gasteiger partial charge on any atom is 0.494 e. The molecule has 0 spiro atoms. The Morgan fingerprint density at radius 2 is 1.72 bits per heavy atom. The molecule has 1 saturated heterocycles. The molecule has 0 N–H and O–H groups in total. The highest BCUT2D eigenvalue weighted by atomic mass is 79.9. The van der Waals surface area contributed by atoms with E-state index in [1.165, 1.54) is 0 Å². The van der Waals surface area contributed by atoms with Crippen LogP contribution in [0.25, 0.3) is 0 Å². The highest BCUT2D eigenvalue weighted by Crippen LogP contribution is 2.36. The lowest BCUT2D eigenvalue weighted by molar-refractivity contribution is 0.00578. The van der Waals surface area contributed by atoms with Gasteiger partial charge in [-0.05, 0) is 61.2 Å². The van der Waals surface area contributed by atoms with E-state index in [4.69, 9.17) is 14.6 Å². The molecule has 94 valence electrons. The van der Waals surface area contributed by atoms with Gasteiger partial charge in [0.1, 0.15) is 6.07 Å². The zero-order valence-corrected chi connectivity index (χ0v) is 12.5. The standard InChI is InChI=1S/C13H15BBrNO2/c1-12(2)13(3,4)18-14(17-12)10-6-5-9(8-16)11(15)7-10/h5-7H,1-4H3. The number of hydrogen-bond donors (Lipinski definition) is 0. The van der Waals surface area contributed by atoms with Gasteiger partial charge in [-0.1, -0.05) is 6.07 Å². The molecule has 0 aliphatic carbocycles. The molecule has 0 saturated carbocycles. The Morgan fingerprint density at radius 1 is 1.17 bits per heavy atom. The molecule has 3 nitrogen and oxygen atoms in total. The average Bonchev–Trinajstić information content (AvgIpc) is 2.48. The predicted octanol–water partition coefficient (Wildman–Crippen LogP) is 2.62. The lowest BCUT2D eigenvalue weighted by Gasteiger charge is -2.32. The number of hydrogen-bond acceptors (Lipinski definition) is 3. The van der Waals surface area contributed by atoms with E-state index in [1.54, 1.807) is 6.07 Å². The van der Waals surface area contributed by atoms with Crippen LogP contribution in [0.2, 0.25) is 0 Å². The van der Waals surface area contributed by atoms with Gasteiger partial charge in [0.05, 0.1) is 16.8 Å². The van der Waals surface area contributed by atoms with E-state index in [0.29, 0.717) is 5.56 Å². The van der Waals surface area contributed by atoms with E-state index >= 15 is 0 Å². The van der Waals surface area contributed by atoms with Crippen LogP contribution in [-0.4, -0.2) is 18.3 Å². The van der Waals surface area contributed by atoms with Crippen molar-refractivity contribution < 1.29 is 9.31 Å². The summed E-state index contributed by atoms with van der Waals surface area (Å²) in [4.78, 5) is 0. The van der Waals surface area contributed by atoms with Gasteiger partial charge in [-0.3, -0.25) is 0 Å². The third-order valence-electron chi connectivity index (χ3n) is 3.64. The minimum Gasteiger partial charge on any atom is -0.399 e. The highest BCUT2D eigenvalue weighted by Gasteiger charge is 2.51. The fraction of sp³-hybridized carbons (Fsp3) is 0.462. The summed E-state index contributed by atoms with van der Waals surface area (Å²) in [7, 11) is -0.390. The summed E-state index contributed by atoms with van der Waals surface area (Å²) >= 11 is 3.38. The normalized spacial score (nSPS) is 20.8. The van der Waals surface area contributed by atoms with Gasteiger partial charge in [0.2, 0.25) is 0 Å². The molecule has 1 heterocycles. The van der Waals surface area contributed by atoms with Crippen molar-refractivity contribution in [3.63, 3.8) is 0 Å². The van der Waals surface area contributed by atoms with Gasteiger partial charge in [0, 0.05) is 4.47 Å². The first-order chi connectivity index (χ1) is 8.27. The van der Waals surface area contributed by atoms with Crippen LogP contribution in [0, 0.1) is 11.3 Å². The van der Waals surface area contributed by atoms with E-state index in [9.17, 15) is 0 Å². The maximum absolute atomic E-state index is 8.90. The van der Waals surface area contributed by atoms with Crippen LogP contribution < -0.4 is 5.46 Å². The molecule has 18 heavy (non-hydrogen) atoms. The zero-order chi connectivity index (χ0) is 13.6. The summed E-state index contributed by atoms with van der Waals surface area (Å²) in [5.41, 5.74) is 0.825. The molecule has 1 aliphatic heterocycles. The van der Waals surface area contributed by atoms with E-state index in [-0.39, 0.29) is 18.3 Å². The monoisotopic (exact) mass is 307 g/mol. The smallest absolute Gasteiger partial charge is 0.399 e. The largest absolute Gasteiger partial charge is 0.494 e. The van der Waals surface area contributed by atoms with E-state index < -0.39 is 0 Å². The molecule has 0 bridgehead atoms. The van der Waals surface area contributed by atoms with Gasteiger partial charge < -0.3 is 9.31 Å². The number of benzene rings is 1. The Balaban J connectivity index is 2.31. The van der Waals surface area contributed by atoms with Crippen LogP contribution >= 0.6 is 15.9 Å². The first-order valence-corrected chi connectivity index (χ1v) is 6.61. The fourth-order valence-electron chi connectivity index (χ4n) is 1.75. The Kier molecular flexibility index (Phi) is 3.31. The van der Waals surface area contributed by atoms with Gasteiger partial charge in [0.15, 0.2) is 0 Å². The molecular formula is C13H15BBrNO2. The van der Waals surface area contributed by atoms with Crippen molar-refractivity contribution in [2.45, 2.75) is 38.9 Å². The Hall–Kier alpha value is -0.825. The molecule has 1 aromatic rings. The van der Waals surface area contributed by atoms with E-state index in [1.807, 2.05) is 39.8 Å². The van der Waals surface area contributed by atoms with Gasteiger partial charge >= 0.3 is 7.12 Å². The van der Waals surface area contributed by atoms with Gasteiger partial charge in [-0.15, -0.1) is 0 Å². The van der Waals surface area contributed by atoms with Crippen LogP contribution in [0.5, 0.6) is 0 Å². The van der Waals surface area contributed by atoms with Crippen LogP contribution in [-0.2, 0) is 9.31 Å². The van der Waals surface area contributed by atoms with E-state index in [2.05, 4.69) is 22.0 Å². The van der Waals surface area contributed by atoms with Crippen molar-refractivity contribution in [2.24, 2.45) is 0 Å². The minimum absolute atomic E-state index is 0.349. The SMILES string of the molecule is CC1(C)OB(c2ccc(C#N)c(Br)c2)OC1(C)C. The summed E-state index contributed by atoms with van der Waals surface area (Å²) in [5.74, 6) is 0. The van der Waals surface area contributed by atoms with Crippen LogP contribution in [0.1, 0.15) is 33.3 Å². The molecule has 0 atom stereocenters. The highest BCUT2D eigenvalue weighted by molar-refractivity contribution is 9.10. The van der Waals surface area contributed by atoms with Crippen LogP contribution in [0.15, 0.2) is 22.7 Å². The number of nitrogens with zero attached hydrogens (tertiary/aromatic N) is 1. The van der Waals surface area contributed by atoms with Crippen molar-refractivity contribution >= 4 is 28.5 Å². The van der Waals surface area contributed by atoms with Gasteiger partial charge in [-0.25, -0.2) is 0 Å². The molecule has 0 amide bonds. The first kappa shape index (κ1) is 13.6. The molecule has 0 unspecified atom stereocenters. The lowest BCUT2D eigenvalue weighted by atomic mass is 9.79. The van der Waals surface area contributed by atoms with Crippen LogP contribution in [0.4, 0.5) is 0 Å². The van der Waals surface area contributed by atoms with Crippen molar-refractivity contribution in [1.29, 1.82) is 5.26 Å². The summed E-state index contributed by atoms with van der Waals surface area (Å²) in [6.45, 7) is 8.08. The molecule has 1 aliphatic rings. The van der Waals surface area contributed by atoms with Crippen molar-refractivity contribution in [2.75, 3.05) is 0 Å². The van der Waals surface area contributed by atoms with Gasteiger partial charge in [-0.2, -0.15) is 5.26 Å². The second kappa shape index (κ2) is 4.38. The molecule has 2 rings (SSSR count). The van der Waals surface area contributed by atoms with Crippen molar-refractivity contribution in [3.8, 4) is 6.07 Å². The fourth-order valence-corrected chi connectivity index (χ4v) is 2.23. The summed E-state index contributed by atoms with van der Waals surface area (Å²) in [6.07, 6.45) is 0. The predicted molar refractivity (Wildman–Crippen MR) is 74.6 cm³/mol. The second-order valence-corrected chi connectivity index (χ2v) is 6.29. The molecule has 0 radical (unpaired) electrons. The van der Waals surface area contributed by atoms with Gasteiger partial charge in [0.25, 0.3) is 0 Å². The van der Waals surface area contributed by atoms with E-state index in [0.717, 1.165) is 9.94 Å². The lowest BCUT2D eigenvalue weighted by Crippen LogP contribution is -2.41. The number of rotatable bonds is 1. The molecule has 1 fully saturated rings. The third kappa shape index (κ3) is 2.21. The Morgan fingerprint density at radius 3 is 2.17 bits per heavy atom. The summed E-state index contributed by atoms with van der Waals surface area (Å²) in [5, 5.41) is 8.90. The Labute approximate surface area is 116 Å². The minimum atomic E-state index is -0.390. The quantitative estimate of drug-likeness (QED) is 0.749. The number of halogens is 1. The molecule has 5 heteroatoms. The summed E-state index contributed by atoms with van der Waals surface area (Å²) < 4.78 is 12.7. The average molecular weight is 308 g/mol. The molecule has 0 aromatic heterocycles. The van der Waals surface area contributed by atoms with Crippen molar-refractivity contribution in [3.05, 3.63) is 28.2 Å². The molecular weight excluding hydrogens is 293 g/mol. The van der Waals surface area contributed by atoms with Crippen molar-refractivity contribution in [1.82, 2.24) is 0 Å². The Bertz CT molecular complexity index is 506. The number of nitriles is 1. The first-order valence-electron chi connectivity index (χ1n) is 5.82. The summed E-state index contributed by atoms with van der Waals surface area (Å²) in [6, 6.07) is 7.63. The maximum atomic E-state index is 8.90. The third-order valence-corrected chi connectivity index (χ3v) is 4.30. The molecule has 1 aromatic carbocycles. The zero-order valence-electron chi connectivity index (χ0n) is 11.0.